The summed E-state index contributed by atoms with van der Waals surface area (Å²) >= 11 is 5.91. The van der Waals surface area contributed by atoms with E-state index in [-0.39, 0.29) is 6.04 Å². The Kier molecular flexibility index (Phi) is 5.22. The highest BCUT2D eigenvalue weighted by Crippen LogP contribution is 2.25. The molecule has 0 radical (unpaired) electrons. The summed E-state index contributed by atoms with van der Waals surface area (Å²) in [6, 6.07) is 15.5. The van der Waals surface area contributed by atoms with Crippen LogP contribution in [0.25, 0.3) is 0 Å². The number of aliphatic imine (C=N–C) groups is 1. The topological polar surface area (TPSA) is 41.8 Å². The summed E-state index contributed by atoms with van der Waals surface area (Å²) in [5.41, 5.74) is 2.85. The van der Waals surface area contributed by atoms with Crippen molar-refractivity contribution in [3.05, 3.63) is 70.2 Å². The first-order chi connectivity index (χ1) is 11.5. The van der Waals surface area contributed by atoms with Crippen LogP contribution in [0.5, 0.6) is 0 Å². The number of hydrogen-bond acceptors (Lipinski definition) is 3. The molecule has 0 spiro atoms. The number of nitrogens with zero attached hydrogens (tertiary/aromatic N) is 1. The maximum atomic E-state index is 10.5. The van der Waals surface area contributed by atoms with Crippen molar-refractivity contribution in [1.29, 1.82) is 0 Å². The summed E-state index contributed by atoms with van der Waals surface area (Å²) in [7, 11) is 0. The fourth-order valence-electron chi connectivity index (χ4n) is 2.80. The lowest BCUT2D eigenvalue weighted by Crippen LogP contribution is -2.13. The van der Waals surface area contributed by atoms with E-state index < -0.39 is 6.10 Å². The smallest absolute Gasteiger partial charge is 0.216 e. The molecular weight excluding hydrogens is 322 g/mol. The van der Waals surface area contributed by atoms with Crippen LogP contribution in [0.4, 0.5) is 0 Å². The largest absolute Gasteiger partial charge is 0.475 e. The van der Waals surface area contributed by atoms with Crippen molar-refractivity contribution in [1.82, 2.24) is 0 Å². The van der Waals surface area contributed by atoms with Gasteiger partial charge < -0.3 is 9.84 Å². The molecular formula is C20H22ClNO2. The van der Waals surface area contributed by atoms with E-state index in [4.69, 9.17) is 21.3 Å². The Bertz CT molecular complexity index is 725. The SMILES string of the molecule is CC(C)[C@H]1COC(c2ccccc2CC(O)c2ccc(Cl)cc2)=N1. The van der Waals surface area contributed by atoms with Gasteiger partial charge in [-0.2, -0.15) is 0 Å². The van der Waals surface area contributed by atoms with Crippen molar-refractivity contribution in [2.75, 3.05) is 6.61 Å². The second-order valence-electron chi connectivity index (χ2n) is 6.49. The van der Waals surface area contributed by atoms with Crippen molar-refractivity contribution in [3.8, 4) is 0 Å². The third-order valence-corrected chi connectivity index (χ3v) is 4.61. The van der Waals surface area contributed by atoms with E-state index in [0.29, 0.717) is 29.9 Å². The predicted octanol–water partition coefficient (Wildman–Crippen LogP) is 4.42. The molecule has 1 N–H and O–H groups in total. The molecule has 2 aromatic rings. The molecule has 2 aromatic carbocycles. The van der Waals surface area contributed by atoms with Gasteiger partial charge in [0.1, 0.15) is 6.61 Å². The molecule has 0 aromatic heterocycles. The first-order valence-electron chi connectivity index (χ1n) is 8.27. The Morgan fingerprint density at radius 2 is 1.88 bits per heavy atom. The summed E-state index contributed by atoms with van der Waals surface area (Å²) in [6.07, 6.45) is -0.0849. The Labute approximate surface area is 148 Å². The van der Waals surface area contributed by atoms with Crippen LogP contribution >= 0.6 is 11.6 Å². The molecule has 0 fully saturated rings. The van der Waals surface area contributed by atoms with Gasteiger partial charge >= 0.3 is 0 Å². The van der Waals surface area contributed by atoms with Gasteiger partial charge in [0.25, 0.3) is 0 Å². The molecule has 1 unspecified atom stereocenters. The minimum atomic E-state index is -0.591. The van der Waals surface area contributed by atoms with E-state index >= 15 is 0 Å². The Morgan fingerprint density at radius 1 is 1.17 bits per heavy atom. The molecule has 3 nitrogen and oxygen atoms in total. The van der Waals surface area contributed by atoms with E-state index in [1.54, 1.807) is 12.1 Å². The molecule has 0 saturated heterocycles. The second kappa shape index (κ2) is 7.37. The maximum absolute atomic E-state index is 10.5. The monoisotopic (exact) mass is 343 g/mol. The van der Waals surface area contributed by atoms with E-state index in [1.807, 2.05) is 36.4 Å². The van der Waals surface area contributed by atoms with Gasteiger partial charge in [-0.25, -0.2) is 4.99 Å². The zero-order chi connectivity index (χ0) is 17.1. The van der Waals surface area contributed by atoms with Crippen LogP contribution < -0.4 is 0 Å². The van der Waals surface area contributed by atoms with Gasteiger partial charge in [-0.1, -0.05) is 55.8 Å². The Morgan fingerprint density at radius 3 is 2.54 bits per heavy atom. The van der Waals surface area contributed by atoms with Gasteiger partial charge in [0.2, 0.25) is 5.90 Å². The molecule has 1 aliphatic heterocycles. The minimum Gasteiger partial charge on any atom is -0.475 e. The molecule has 0 amide bonds. The first kappa shape index (κ1) is 17.0. The molecule has 2 atom stereocenters. The number of benzene rings is 2. The molecule has 4 heteroatoms. The molecule has 1 heterocycles. The summed E-state index contributed by atoms with van der Waals surface area (Å²) in [5.74, 6) is 1.14. The van der Waals surface area contributed by atoms with Crippen LogP contribution in [-0.2, 0) is 11.2 Å². The van der Waals surface area contributed by atoms with Crippen molar-refractivity contribution >= 4 is 17.5 Å². The third-order valence-electron chi connectivity index (χ3n) is 4.36. The van der Waals surface area contributed by atoms with E-state index in [2.05, 4.69) is 13.8 Å². The maximum Gasteiger partial charge on any atom is 0.216 e. The lowest BCUT2D eigenvalue weighted by atomic mass is 9.97. The minimum absolute atomic E-state index is 0.203. The average Bonchev–Trinajstić information content (AvgIpc) is 3.06. The van der Waals surface area contributed by atoms with Crippen LogP contribution in [-0.4, -0.2) is 23.7 Å². The zero-order valence-electron chi connectivity index (χ0n) is 13.9. The van der Waals surface area contributed by atoms with E-state index in [9.17, 15) is 5.11 Å². The summed E-state index contributed by atoms with van der Waals surface area (Å²) in [6.45, 7) is 4.92. The van der Waals surface area contributed by atoms with Gasteiger partial charge in [-0.15, -0.1) is 0 Å². The number of aliphatic hydroxyl groups is 1. The highest BCUT2D eigenvalue weighted by molar-refractivity contribution is 6.30. The highest BCUT2D eigenvalue weighted by atomic mass is 35.5. The molecule has 0 bridgehead atoms. The molecule has 0 saturated carbocycles. The van der Waals surface area contributed by atoms with Crippen molar-refractivity contribution in [2.45, 2.75) is 32.4 Å². The lowest BCUT2D eigenvalue weighted by molar-refractivity contribution is 0.178. The van der Waals surface area contributed by atoms with Crippen LogP contribution in [0, 0.1) is 5.92 Å². The van der Waals surface area contributed by atoms with Crippen LogP contribution in [0.2, 0.25) is 5.02 Å². The highest BCUT2D eigenvalue weighted by Gasteiger charge is 2.24. The van der Waals surface area contributed by atoms with Gasteiger partial charge in [-0.3, -0.25) is 0 Å². The lowest BCUT2D eigenvalue weighted by Gasteiger charge is -2.14. The van der Waals surface area contributed by atoms with Gasteiger partial charge in [-0.05, 0) is 35.2 Å². The first-order valence-corrected chi connectivity index (χ1v) is 8.65. The zero-order valence-corrected chi connectivity index (χ0v) is 14.7. The standard InChI is InChI=1S/C20H22ClNO2/c1-13(2)18-12-24-20(22-18)17-6-4-3-5-15(17)11-19(23)14-7-9-16(21)10-8-14/h3-10,13,18-19,23H,11-12H2,1-2H3/t18-,19?/m1/s1. The number of halogens is 1. The number of hydrogen-bond donors (Lipinski definition) is 1. The summed E-state index contributed by atoms with van der Waals surface area (Å²) < 4.78 is 5.81. The normalized spacial score (nSPS) is 18.4. The predicted molar refractivity (Wildman–Crippen MR) is 97.7 cm³/mol. The average molecular weight is 344 g/mol. The van der Waals surface area contributed by atoms with Gasteiger partial charge in [0, 0.05) is 17.0 Å². The fourth-order valence-corrected chi connectivity index (χ4v) is 2.92. The molecule has 24 heavy (non-hydrogen) atoms. The Hall–Kier alpha value is -1.84. The number of ether oxygens (including phenoxy) is 1. The quantitative estimate of drug-likeness (QED) is 0.873. The van der Waals surface area contributed by atoms with Crippen LogP contribution in [0.1, 0.15) is 36.6 Å². The molecule has 126 valence electrons. The fraction of sp³-hybridized carbons (Fsp3) is 0.350. The Balaban J connectivity index is 1.82. The van der Waals surface area contributed by atoms with Gasteiger partial charge in [0.15, 0.2) is 0 Å². The second-order valence-corrected chi connectivity index (χ2v) is 6.92. The van der Waals surface area contributed by atoms with Crippen molar-refractivity contribution in [3.63, 3.8) is 0 Å². The molecule has 1 aliphatic rings. The third kappa shape index (κ3) is 3.80. The number of rotatable bonds is 5. The van der Waals surface area contributed by atoms with E-state index in [0.717, 1.165) is 16.7 Å². The van der Waals surface area contributed by atoms with Crippen molar-refractivity contribution in [2.24, 2.45) is 10.9 Å². The molecule has 0 aliphatic carbocycles. The van der Waals surface area contributed by atoms with Crippen LogP contribution in [0.3, 0.4) is 0 Å². The van der Waals surface area contributed by atoms with E-state index in [1.165, 1.54) is 0 Å². The summed E-state index contributed by atoms with van der Waals surface area (Å²) in [4.78, 5) is 4.71. The summed E-state index contributed by atoms with van der Waals surface area (Å²) in [5, 5.41) is 11.2. The molecule has 3 rings (SSSR count). The van der Waals surface area contributed by atoms with Crippen LogP contribution in [0.15, 0.2) is 53.5 Å². The number of aliphatic hydroxyl groups excluding tert-OH is 1. The van der Waals surface area contributed by atoms with Gasteiger partial charge in [0.05, 0.1) is 12.1 Å². The van der Waals surface area contributed by atoms with Crippen molar-refractivity contribution < 1.29 is 9.84 Å².